The van der Waals surface area contributed by atoms with Crippen molar-refractivity contribution in [1.82, 2.24) is 0 Å². The van der Waals surface area contributed by atoms with Crippen LogP contribution in [-0.4, -0.2) is 16.9 Å². The first kappa shape index (κ1) is 11.1. The summed E-state index contributed by atoms with van der Waals surface area (Å²) >= 11 is 0. The quantitative estimate of drug-likeness (QED) is 0.731. The minimum absolute atomic E-state index is 0.465. The molecule has 0 radical (unpaired) electrons. The van der Waals surface area contributed by atoms with E-state index in [0.29, 0.717) is 5.54 Å². The summed E-state index contributed by atoms with van der Waals surface area (Å²) in [6.45, 7) is 0. The fourth-order valence-electron chi connectivity index (χ4n) is 1.92. The molecule has 0 aromatic heterocycles. The summed E-state index contributed by atoms with van der Waals surface area (Å²) in [5, 5.41) is 0. The molecule has 0 saturated heterocycles. The molecular formula is C14H16OSi. The van der Waals surface area contributed by atoms with Gasteiger partial charge in [-0.25, -0.2) is 0 Å². The Morgan fingerprint density at radius 2 is 1.25 bits per heavy atom. The molecule has 0 amide bonds. The molecule has 2 rings (SSSR count). The van der Waals surface area contributed by atoms with Crippen LogP contribution >= 0.6 is 0 Å². The molecule has 0 spiro atoms. The van der Waals surface area contributed by atoms with E-state index in [0.717, 1.165) is 0 Å². The molecule has 0 N–H and O–H groups in total. The molecule has 0 fully saturated rings. The highest BCUT2D eigenvalue weighted by molar-refractivity contribution is 6.31. The molecule has 0 aliphatic carbocycles. The lowest BCUT2D eigenvalue weighted by molar-refractivity contribution is 0.436. The second kappa shape index (κ2) is 5.63. The Hall–Kier alpha value is -1.38. The maximum absolute atomic E-state index is 5.45. The summed E-state index contributed by atoms with van der Waals surface area (Å²) in [6, 6.07) is 21.2. The fourth-order valence-corrected chi connectivity index (χ4v) is 3.18. The zero-order valence-corrected chi connectivity index (χ0v) is 10.9. The van der Waals surface area contributed by atoms with Gasteiger partial charge in [-0.3, -0.25) is 0 Å². The average molecular weight is 228 g/mol. The topological polar surface area (TPSA) is 9.23 Å². The zero-order chi connectivity index (χ0) is 11.2. The van der Waals surface area contributed by atoms with Crippen molar-refractivity contribution in [2.45, 2.75) is 5.54 Å². The molecule has 0 aliphatic heterocycles. The maximum Gasteiger partial charge on any atom is 0.172 e. The van der Waals surface area contributed by atoms with Crippen LogP contribution in [0.15, 0.2) is 60.7 Å². The molecule has 2 aromatic carbocycles. The van der Waals surface area contributed by atoms with Crippen LogP contribution in [0.3, 0.4) is 0 Å². The van der Waals surface area contributed by atoms with Gasteiger partial charge in [0.2, 0.25) is 0 Å². The van der Waals surface area contributed by atoms with E-state index in [2.05, 4.69) is 60.7 Å². The Morgan fingerprint density at radius 1 is 0.812 bits per heavy atom. The predicted molar refractivity (Wildman–Crippen MR) is 70.3 cm³/mol. The van der Waals surface area contributed by atoms with E-state index in [4.69, 9.17) is 4.43 Å². The fraction of sp³-hybridized carbons (Fsp3) is 0.143. The third-order valence-electron chi connectivity index (χ3n) is 2.74. The molecule has 1 nitrogen and oxygen atoms in total. The third-order valence-corrected chi connectivity index (χ3v) is 4.35. The zero-order valence-electron chi connectivity index (χ0n) is 9.47. The van der Waals surface area contributed by atoms with E-state index in [1.807, 2.05) is 7.11 Å². The van der Waals surface area contributed by atoms with Gasteiger partial charge in [-0.15, -0.1) is 0 Å². The average Bonchev–Trinajstić information content (AvgIpc) is 2.38. The number of hydrogen-bond acceptors (Lipinski definition) is 1. The lowest BCUT2D eigenvalue weighted by Crippen LogP contribution is -2.11. The summed E-state index contributed by atoms with van der Waals surface area (Å²) < 4.78 is 5.45. The second-order valence-corrected chi connectivity index (χ2v) is 5.56. The maximum atomic E-state index is 5.45. The van der Waals surface area contributed by atoms with Gasteiger partial charge in [0.25, 0.3) is 0 Å². The van der Waals surface area contributed by atoms with Crippen LogP contribution in [0, 0.1) is 0 Å². The first-order valence-electron chi connectivity index (χ1n) is 5.50. The van der Waals surface area contributed by atoms with Crippen molar-refractivity contribution in [2.24, 2.45) is 0 Å². The van der Waals surface area contributed by atoms with Crippen molar-refractivity contribution in [3.05, 3.63) is 71.8 Å². The predicted octanol–water partition coefficient (Wildman–Crippen LogP) is 2.51. The van der Waals surface area contributed by atoms with E-state index >= 15 is 0 Å². The van der Waals surface area contributed by atoms with Gasteiger partial charge in [-0.05, 0) is 11.1 Å². The van der Waals surface area contributed by atoms with Crippen molar-refractivity contribution in [3.63, 3.8) is 0 Å². The monoisotopic (exact) mass is 228 g/mol. The molecule has 0 aliphatic rings. The van der Waals surface area contributed by atoms with Crippen LogP contribution in [0.5, 0.6) is 0 Å². The van der Waals surface area contributed by atoms with Gasteiger partial charge >= 0.3 is 0 Å². The Labute approximate surface area is 99.0 Å². The van der Waals surface area contributed by atoms with Gasteiger partial charge in [0, 0.05) is 12.7 Å². The van der Waals surface area contributed by atoms with Gasteiger partial charge in [0.1, 0.15) is 0 Å². The minimum atomic E-state index is -0.561. The Balaban J connectivity index is 2.31. The van der Waals surface area contributed by atoms with Gasteiger partial charge in [-0.2, -0.15) is 0 Å². The van der Waals surface area contributed by atoms with E-state index in [1.165, 1.54) is 11.1 Å². The van der Waals surface area contributed by atoms with E-state index < -0.39 is 9.76 Å². The normalized spacial score (nSPS) is 11.4. The van der Waals surface area contributed by atoms with Gasteiger partial charge in [0.05, 0.1) is 0 Å². The van der Waals surface area contributed by atoms with Crippen LogP contribution in [-0.2, 0) is 4.43 Å². The van der Waals surface area contributed by atoms with E-state index in [9.17, 15) is 0 Å². The largest absolute Gasteiger partial charge is 0.426 e. The van der Waals surface area contributed by atoms with Gasteiger partial charge in [-0.1, -0.05) is 60.7 Å². The van der Waals surface area contributed by atoms with Crippen LogP contribution < -0.4 is 0 Å². The SMILES string of the molecule is CO[SiH2]C(c1ccccc1)c1ccccc1. The van der Waals surface area contributed by atoms with E-state index in [-0.39, 0.29) is 0 Å². The number of rotatable bonds is 4. The molecule has 16 heavy (non-hydrogen) atoms. The highest BCUT2D eigenvalue weighted by Crippen LogP contribution is 2.23. The van der Waals surface area contributed by atoms with Crippen molar-refractivity contribution < 1.29 is 4.43 Å². The summed E-state index contributed by atoms with van der Waals surface area (Å²) in [5.41, 5.74) is 3.19. The first-order valence-corrected chi connectivity index (χ1v) is 6.90. The van der Waals surface area contributed by atoms with E-state index in [1.54, 1.807) is 0 Å². The summed E-state index contributed by atoms with van der Waals surface area (Å²) in [7, 11) is 1.25. The smallest absolute Gasteiger partial charge is 0.172 e. The molecule has 2 heteroatoms. The summed E-state index contributed by atoms with van der Waals surface area (Å²) in [4.78, 5) is 0. The van der Waals surface area contributed by atoms with Gasteiger partial charge < -0.3 is 4.43 Å². The van der Waals surface area contributed by atoms with Crippen molar-refractivity contribution in [2.75, 3.05) is 7.11 Å². The van der Waals surface area contributed by atoms with Gasteiger partial charge in [0.15, 0.2) is 9.76 Å². The highest BCUT2D eigenvalue weighted by atomic mass is 28.2. The Morgan fingerprint density at radius 3 is 1.62 bits per heavy atom. The molecule has 0 atom stereocenters. The van der Waals surface area contributed by atoms with Crippen molar-refractivity contribution in [1.29, 1.82) is 0 Å². The van der Waals surface area contributed by atoms with Crippen LogP contribution in [0.25, 0.3) is 0 Å². The molecular weight excluding hydrogens is 212 g/mol. The summed E-state index contributed by atoms with van der Waals surface area (Å²) in [5.74, 6) is 0. The molecule has 0 bridgehead atoms. The molecule has 2 aromatic rings. The van der Waals surface area contributed by atoms with Crippen molar-refractivity contribution >= 4 is 9.76 Å². The second-order valence-electron chi connectivity index (χ2n) is 3.83. The lowest BCUT2D eigenvalue weighted by Gasteiger charge is -2.16. The van der Waals surface area contributed by atoms with Crippen LogP contribution in [0.2, 0.25) is 0 Å². The highest BCUT2D eigenvalue weighted by Gasteiger charge is 2.13. The third kappa shape index (κ3) is 2.59. The standard InChI is InChI=1S/C14H16OSi/c1-15-16-14(12-8-4-2-5-9-12)13-10-6-3-7-11-13/h2-11,14H,16H2,1H3. The summed E-state index contributed by atoms with van der Waals surface area (Å²) in [6.07, 6.45) is 0. The Kier molecular flexibility index (Phi) is 3.91. The van der Waals surface area contributed by atoms with Crippen LogP contribution in [0.4, 0.5) is 0 Å². The van der Waals surface area contributed by atoms with Crippen LogP contribution in [0.1, 0.15) is 16.7 Å². The molecule has 82 valence electrons. The molecule has 0 heterocycles. The molecule has 0 saturated carbocycles. The van der Waals surface area contributed by atoms with Crippen molar-refractivity contribution in [3.8, 4) is 0 Å². The number of hydrogen-bond donors (Lipinski definition) is 0. The number of benzene rings is 2. The first-order chi connectivity index (χ1) is 7.92. The molecule has 0 unspecified atom stereocenters. The minimum Gasteiger partial charge on any atom is -0.426 e. The lowest BCUT2D eigenvalue weighted by atomic mass is 10.0. The Bertz CT molecular complexity index is 374.